The van der Waals surface area contributed by atoms with Gasteiger partial charge >= 0.3 is 5.97 Å². The highest BCUT2D eigenvalue weighted by atomic mass is 79.9. The first-order valence-electron chi connectivity index (χ1n) is 5.04. The van der Waals surface area contributed by atoms with Gasteiger partial charge in [0.15, 0.2) is 0 Å². The number of rotatable bonds is 4. The third-order valence-corrected chi connectivity index (χ3v) is 2.67. The summed E-state index contributed by atoms with van der Waals surface area (Å²) >= 11 is 3.37. The lowest BCUT2D eigenvalue weighted by molar-refractivity contribution is -0.147. The van der Waals surface area contributed by atoms with E-state index < -0.39 is 0 Å². The van der Waals surface area contributed by atoms with Gasteiger partial charge in [-0.15, -0.1) is 0 Å². The SMILES string of the molecule is CCOC(=O)[C@@H](C)Cc1ccc(Br)cc1. The average molecular weight is 271 g/mol. The molecule has 1 atom stereocenters. The van der Waals surface area contributed by atoms with Gasteiger partial charge in [0, 0.05) is 4.47 Å². The molecule has 1 aromatic rings. The monoisotopic (exact) mass is 270 g/mol. The van der Waals surface area contributed by atoms with Crippen molar-refractivity contribution in [3.63, 3.8) is 0 Å². The predicted octanol–water partition coefficient (Wildman–Crippen LogP) is 3.19. The van der Waals surface area contributed by atoms with Crippen molar-refractivity contribution < 1.29 is 9.53 Å². The van der Waals surface area contributed by atoms with Crippen LogP contribution in [0.4, 0.5) is 0 Å². The number of benzene rings is 1. The van der Waals surface area contributed by atoms with Gasteiger partial charge in [-0.1, -0.05) is 35.0 Å². The Labute approximate surface area is 98.8 Å². The molecule has 0 amide bonds. The zero-order valence-corrected chi connectivity index (χ0v) is 10.6. The molecule has 82 valence electrons. The number of carbonyl (C=O) groups excluding carboxylic acids is 1. The van der Waals surface area contributed by atoms with E-state index in [0.717, 1.165) is 16.5 Å². The summed E-state index contributed by atoms with van der Waals surface area (Å²) in [6.45, 7) is 4.16. The van der Waals surface area contributed by atoms with E-state index >= 15 is 0 Å². The maximum Gasteiger partial charge on any atom is 0.308 e. The van der Waals surface area contributed by atoms with Gasteiger partial charge in [-0.25, -0.2) is 0 Å². The van der Waals surface area contributed by atoms with Crippen LogP contribution in [0.15, 0.2) is 28.7 Å². The normalized spacial score (nSPS) is 12.2. The molecule has 0 heterocycles. The van der Waals surface area contributed by atoms with E-state index in [2.05, 4.69) is 15.9 Å². The van der Waals surface area contributed by atoms with E-state index in [1.54, 1.807) is 0 Å². The van der Waals surface area contributed by atoms with Crippen LogP contribution >= 0.6 is 15.9 Å². The quantitative estimate of drug-likeness (QED) is 0.786. The first kappa shape index (κ1) is 12.2. The van der Waals surface area contributed by atoms with Gasteiger partial charge in [0.1, 0.15) is 0 Å². The molecular weight excluding hydrogens is 256 g/mol. The van der Waals surface area contributed by atoms with Crippen LogP contribution in [0.25, 0.3) is 0 Å². The minimum atomic E-state index is -0.125. The van der Waals surface area contributed by atoms with Crippen LogP contribution in [0.1, 0.15) is 19.4 Å². The second-order valence-corrected chi connectivity index (χ2v) is 4.40. The zero-order valence-electron chi connectivity index (χ0n) is 9.00. The first-order valence-corrected chi connectivity index (χ1v) is 5.84. The van der Waals surface area contributed by atoms with Gasteiger partial charge in [0.05, 0.1) is 12.5 Å². The van der Waals surface area contributed by atoms with Gasteiger partial charge in [-0.2, -0.15) is 0 Å². The van der Waals surface area contributed by atoms with E-state index in [9.17, 15) is 4.79 Å². The van der Waals surface area contributed by atoms with Crippen LogP contribution in [0.2, 0.25) is 0 Å². The Bertz CT molecular complexity index is 319. The number of hydrogen-bond donors (Lipinski definition) is 0. The maximum absolute atomic E-state index is 11.4. The third kappa shape index (κ3) is 4.04. The second kappa shape index (κ2) is 5.91. The van der Waals surface area contributed by atoms with Crippen molar-refractivity contribution in [3.05, 3.63) is 34.3 Å². The van der Waals surface area contributed by atoms with Crippen molar-refractivity contribution in [1.29, 1.82) is 0 Å². The fourth-order valence-corrected chi connectivity index (χ4v) is 1.61. The summed E-state index contributed by atoms with van der Waals surface area (Å²) in [5.41, 5.74) is 1.15. The van der Waals surface area contributed by atoms with E-state index in [1.807, 2.05) is 38.1 Å². The Morgan fingerprint density at radius 2 is 2.00 bits per heavy atom. The highest BCUT2D eigenvalue weighted by molar-refractivity contribution is 9.10. The fourth-order valence-electron chi connectivity index (χ4n) is 1.34. The lowest BCUT2D eigenvalue weighted by Crippen LogP contribution is -2.16. The highest BCUT2D eigenvalue weighted by Crippen LogP contribution is 2.14. The van der Waals surface area contributed by atoms with E-state index in [-0.39, 0.29) is 11.9 Å². The Morgan fingerprint density at radius 1 is 1.40 bits per heavy atom. The van der Waals surface area contributed by atoms with Crippen LogP contribution in [0.3, 0.4) is 0 Å². The Morgan fingerprint density at radius 3 is 2.53 bits per heavy atom. The highest BCUT2D eigenvalue weighted by Gasteiger charge is 2.14. The molecule has 0 aromatic heterocycles. The Hall–Kier alpha value is -0.830. The van der Waals surface area contributed by atoms with Crippen molar-refractivity contribution in [2.45, 2.75) is 20.3 Å². The van der Waals surface area contributed by atoms with E-state index in [0.29, 0.717) is 6.61 Å². The number of halogens is 1. The molecule has 1 aromatic carbocycles. The summed E-state index contributed by atoms with van der Waals surface area (Å²) in [6, 6.07) is 7.99. The molecule has 0 aliphatic rings. The third-order valence-electron chi connectivity index (χ3n) is 2.14. The van der Waals surface area contributed by atoms with E-state index in [4.69, 9.17) is 4.74 Å². The van der Waals surface area contributed by atoms with Gasteiger partial charge in [-0.05, 0) is 31.0 Å². The molecule has 0 radical (unpaired) electrons. The van der Waals surface area contributed by atoms with Gasteiger partial charge in [-0.3, -0.25) is 4.79 Å². The topological polar surface area (TPSA) is 26.3 Å². The lowest BCUT2D eigenvalue weighted by Gasteiger charge is -2.10. The number of carbonyl (C=O) groups is 1. The minimum absolute atomic E-state index is 0.0777. The van der Waals surface area contributed by atoms with Crippen LogP contribution in [-0.4, -0.2) is 12.6 Å². The van der Waals surface area contributed by atoms with Crippen LogP contribution in [-0.2, 0) is 16.0 Å². The number of ether oxygens (including phenoxy) is 1. The smallest absolute Gasteiger partial charge is 0.308 e. The zero-order chi connectivity index (χ0) is 11.3. The van der Waals surface area contributed by atoms with Crippen molar-refractivity contribution in [2.24, 2.45) is 5.92 Å². The molecule has 0 fully saturated rings. The largest absolute Gasteiger partial charge is 0.466 e. The molecule has 1 rings (SSSR count). The molecule has 0 aliphatic carbocycles. The molecule has 0 spiro atoms. The molecule has 0 bridgehead atoms. The predicted molar refractivity (Wildman–Crippen MR) is 63.6 cm³/mol. The second-order valence-electron chi connectivity index (χ2n) is 3.48. The summed E-state index contributed by atoms with van der Waals surface area (Å²) in [5, 5.41) is 0. The number of hydrogen-bond acceptors (Lipinski definition) is 2. The van der Waals surface area contributed by atoms with Gasteiger partial charge in [0.25, 0.3) is 0 Å². The molecular formula is C12H15BrO2. The standard InChI is InChI=1S/C12H15BrO2/c1-3-15-12(14)9(2)8-10-4-6-11(13)7-5-10/h4-7,9H,3,8H2,1-2H3/t9-/m0/s1. The molecule has 0 saturated heterocycles. The summed E-state index contributed by atoms with van der Waals surface area (Å²) in [7, 11) is 0. The summed E-state index contributed by atoms with van der Waals surface area (Å²) in [6.07, 6.45) is 0.728. The molecule has 15 heavy (non-hydrogen) atoms. The first-order chi connectivity index (χ1) is 7.13. The van der Waals surface area contributed by atoms with Crippen molar-refractivity contribution in [3.8, 4) is 0 Å². The number of esters is 1. The molecule has 2 nitrogen and oxygen atoms in total. The Kier molecular flexibility index (Phi) is 4.82. The summed E-state index contributed by atoms with van der Waals surface area (Å²) < 4.78 is 6.00. The minimum Gasteiger partial charge on any atom is -0.466 e. The van der Waals surface area contributed by atoms with Crippen LogP contribution in [0, 0.1) is 5.92 Å². The fraction of sp³-hybridized carbons (Fsp3) is 0.417. The molecule has 0 unspecified atom stereocenters. The molecule has 0 N–H and O–H groups in total. The van der Waals surface area contributed by atoms with Crippen LogP contribution in [0.5, 0.6) is 0 Å². The van der Waals surface area contributed by atoms with Crippen molar-refractivity contribution in [1.82, 2.24) is 0 Å². The molecule has 3 heteroatoms. The summed E-state index contributed by atoms with van der Waals surface area (Å²) in [4.78, 5) is 11.4. The molecule has 0 aliphatic heterocycles. The van der Waals surface area contributed by atoms with Crippen LogP contribution < -0.4 is 0 Å². The van der Waals surface area contributed by atoms with Gasteiger partial charge in [0.2, 0.25) is 0 Å². The lowest BCUT2D eigenvalue weighted by atomic mass is 10.0. The maximum atomic E-state index is 11.4. The van der Waals surface area contributed by atoms with Crippen molar-refractivity contribution in [2.75, 3.05) is 6.61 Å². The van der Waals surface area contributed by atoms with Crippen molar-refractivity contribution >= 4 is 21.9 Å². The Balaban J connectivity index is 2.54. The van der Waals surface area contributed by atoms with Gasteiger partial charge < -0.3 is 4.74 Å². The summed E-state index contributed by atoms with van der Waals surface area (Å²) in [5.74, 6) is -0.202. The molecule has 0 saturated carbocycles. The van der Waals surface area contributed by atoms with E-state index in [1.165, 1.54) is 0 Å². The average Bonchev–Trinajstić information content (AvgIpc) is 2.22.